The predicted octanol–water partition coefficient (Wildman–Crippen LogP) is 4.42. The van der Waals surface area contributed by atoms with Gasteiger partial charge >= 0.3 is 0 Å². The van der Waals surface area contributed by atoms with Gasteiger partial charge in [-0.05, 0) is 60.5 Å². The molecule has 3 aromatic rings. The molecule has 4 heteroatoms. The van der Waals surface area contributed by atoms with E-state index >= 15 is 0 Å². The zero-order valence-electron chi connectivity index (χ0n) is 16.2. The minimum absolute atomic E-state index is 0.0242. The molecular formula is C24H26N2O2. The largest absolute Gasteiger partial charge is 0.497 e. The van der Waals surface area contributed by atoms with Gasteiger partial charge in [0.1, 0.15) is 5.75 Å². The quantitative estimate of drug-likeness (QED) is 0.695. The van der Waals surface area contributed by atoms with Crippen LogP contribution >= 0.6 is 0 Å². The summed E-state index contributed by atoms with van der Waals surface area (Å²) in [7, 11) is 1.69. The summed E-state index contributed by atoms with van der Waals surface area (Å²) in [6.07, 6.45) is 2.41. The van der Waals surface area contributed by atoms with Crippen molar-refractivity contribution in [3.63, 3.8) is 0 Å². The lowest BCUT2D eigenvalue weighted by Gasteiger charge is -2.28. The van der Waals surface area contributed by atoms with Crippen LogP contribution in [0.1, 0.15) is 34.8 Å². The van der Waals surface area contributed by atoms with E-state index in [0.29, 0.717) is 6.54 Å². The van der Waals surface area contributed by atoms with E-state index in [1.165, 1.54) is 18.4 Å². The number of hydrogen-bond donors (Lipinski definition) is 1. The summed E-state index contributed by atoms with van der Waals surface area (Å²) in [5.41, 5.74) is 1.91. The molecular weight excluding hydrogens is 348 g/mol. The number of rotatable bonds is 6. The van der Waals surface area contributed by atoms with Gasteiger partial charge in [-0.1, -0.05) is 48.5 Å². The van der Waals surface area contributed by atoms with Crippen molar-refractivity contribution < 1.29 is 9.53 Å². The molecule has 1 amide bonds. The molecule has 1 fully saturated rings. The Bertz CT molecular complexity index is 958. The molecule has 1 aliphatic rings. The van der Waals surface area contributed by atoms with Crippen LogP contribution in [0.15, 0.2) is 66.7 Å². The van der Waals surface area contributed by atoms with Gasteiger partial charge in [-0.3, -0.25) is 9.69 Å². The number of nitrogens with one attached hydrogen (secondary N) is 1. The summed E-state index contributed by atoms with van der Waals surface area (Å²) in [6.45, 7) is 2.70. The molecule has 28 heavy (non-hydrogen) atoms. The van der Waals surface area contributed by atoms with Gasteiger partial charge in [0.25, 0.3) is 5.91 Å². The molecule has 4 nitrogen and oxygen atoms in total. The maximum Gasteiger partial charge on any atom is 0.251 e. The van der Waals surface area contributed by atoms with E-state index in [4.69, 9.17) is 4.74 Å². The third kappa shape index (κ3) is 3.87. The third-order valence-corrected chi connectivity index (χ3v) is 5.55. The van der Waals surface area contributed by atoms with Crippen molar-refractivity contribution >= 4 is 16.7 Å². The van der Waals surface area contributed by atoms with Gasteiger partial charge in [-0.2, -0.15) is 0 Å². The SMILES string of the molecule is COc1cccc(C(CNC(=O)c2cccc3ccccc23)N2CCCC2)c1. The van der Waals surface area contributed by atoms with Gasteiger partial charge in [-0.15, -0.1) is 0 Å². The normalized spacial score (nSPS) is 15.5. The molecule has 1 atom stereocenters. The van der Waals surface area contributed by atoms with Crippen molar-refractivity contribution in [1.29, 1.82) is 0 Å². The van der Waals surface area contributed by atoms with Crippen LogP contribution in [0, 0.1) is 0 Å². The first-order valence-corrected chi connectivity index (χ1v) is 9.90. The number of hydrogen-bond acceptors (Lipinski definition) is 3. The molecule has 1 aliphatic heterocycles. The van der Waals surface area contributed by atoms with E-state index < -0.39 is 0 Å². The topological polar surface area (TPSA) is 41.6 Å². The highest BCUT2D eigenvalue weighted by Crippen LogP contribution is 2.27. The zero-order chi connectivity index (χ0) is 19.3. The Morgan fingerprint density at radius 3 is 2.61 bits per heavy atom. The minimum Gasteiger partial charge on any atom is -0.497 e. The first-order chi connectivity index (χ1) is 13.8. The van der Waals surface area contributed by atoms with E-state index in [-0.39, 0.29) is 11.9 Å². The lowest BCUT2D eigenvalue weighted by Crippen LogP contribution is -2.36. The maximum atomic E-state index is 13.0. The Balaban J connectivity index is 1.56. The highest BCUT2D eigenvalue weighted by molar-refractivity contribution is 6.07. The second-order valence-corrected chi connectivity index (χ2v) is 7.27. The summed E-state index contributed by atoms with van der Waals surface area (Å²) in [5.74, 6) is 0.825. The van der Waals surface area contributed by atoms with E-state index in [1.54, 1.807) is 7.11 Å². The van der Waals surface area contributed by atoms with Gasteiger partial charge in [0.05, 0.1) is 13.2 Å². The van der Waals surface area contributed by atoms with Gasteiger partial charge in [-0.25, -0.2) is 0 Å². The first-order valence-electron chi connectivity index (χ1n) is 9.90. The fourth-order valence-electron chi connectivity index (χ4n) is 4.07. The molecule has 144 valence electrons. The van der Waals surface area contributed by atoms with Crippen molar-refractivity contribution in [3.8, 4) is 5.75 Å². The molecule has 1 saturated heterocycles. The highest BCUT2D eigenvalue weighted by Gasteiger charge is 2.24. The van der Waals surface area contributed by atoms with Crippen LogP contribution in [-0.4, -0.2) is 37.6 Å². The molecule has 1 N–H and O–H groups in total. The Morgan fingerprint density at radius 1 is 1.04 bits per heavy atom. The fraction of sp³-hybridized carbons (Fsp3) is 0.292. The number of benzene rings is 3. The van der Waals surface area contributed by atoms with Gasteiger partial charge in [0.15, 0.2) is 0 Å². The van der Waals surface area contributed by atoms with E-state index in [9.17, 15) is 4.79 Å². The number of nitrogens with zero attached hydrogens (tertiary/aromatic N) is 1. The fourth-order valence-corrected chi connectivity index (χ4v) is 4.07. The smallest absolute Gasteiger partial charge is 0.251 e. The number of carbonyl (C=O) groups excluding carboxylic acids is 1. The van der Waals surface area contributed by atoms with Crippen LogP contribution in [-0.2, 0) is 0 Å². The van der Waals surface area contributed by atoms with Crippen molar-refractivity contribution in [2.75, 3.05) is 26.7 Å². The number of likely N-dealkylation sites (tertiary alicyclic amines) is 1. The number of amides is 1. The van der Waals surface area contributed by atoms with E-state index in [0.717, 1.165) is 35.2 Å². The molecule has 0 aliphatic carbocycles. The number of fused-ring (bicyclic) bond motifs is 1. The average Bonchev–Trinajstić information content (AvgIpc) is 3.28. The number of methoxy groups -OCH3 is 1. The molecule has 1 unspecified atom stereocenters. The van der Waals surface area contributed by atoms with Crippen molar-refractivity contribution in [2.24, 2.45) is 0 Å². The lowest BCUT2D eigenvalue weighted by molar-refractivity contribution is 0.0939. The van der Waals surface area contributed by atoms with Crippen LogP contribution in [0.3, 0.4) is 0 Å². The zero-order valence-corrected chi connectivity index (χ0v) is 16.2. The molecule has 3 aromatic carbocycles. The lowest BCUT2D eigenvalue weighted by atomic mass is 10.0. The molecule has 0 aromatic heterocycles. The van der Waals surface area contributed by atoms with E-state index in [1.807, 2.05) is 54.6 Å². The molecule has 1 heterocycles. The van der Waals surface area contributed by atoms with Gasteiger partial charge in [0, 0.05) is 12.1 Å². The maximum absolute atomic E-state index is 13.0. The first kappa shape index (κ1) is 18.5. The predicted molar refractivity (Wildman–Crippen MR) is 113 cm³/mol. The summed E-state index contributed by atoms with van der Waals surface area (Å²) < 4.78 is 5.40. The molecule has 0 radical (unpaired) electrons. The Kier molecular flexibility index (Phi) is 5.58. The van der Waals surface area contributed by atoms with Gasteiger partial charge in [0.2, 0.25) is 0 Å². The van der Waals surface area contributed by atoms with Crippen LogP contribution < -0.4 is 10.1 Å². The van der Waals surface area contributed by atoms with Crippen molar-refractivity contribution in [2.45, 2.75) is 18.9 Å². The molecule has 0 spiro atoms. The summed E-state index contributed by atoms with van der Waals surface area (Å²) in [5, 5.41) is 5.25. The minimum atomic E-state index is -0.0242. The number of carbonyl (C=O) groups is 1. The second-order valence-electron chi connectivity index (χ2n) is 7.27. The summed E-state index contributed by atoms with van der Waals surface area (Å²) in [6, 6.07) is 22.2. The molecule has 0 bridgehead atoms. The number of ether oxygens (including phenoxy) is 1. The van der Waals surface area contributed by atoms with E-state index in [2.05, 4.69) is 22.3 Å². The summed E-state index contributed by atoms with van der Waals surface area (Å²) >= 11 is 0. The Labute approximate surface area is 166 Å². The monoisotopic (exact) mass is 374 g/mol. The average molecular weight is 374 g/mol. The summed E-state index contributed by atoms with van der Waals surface area (Å²) in [4.78, 5) is 15.4. The molecule has 0 saturated carbocycles. The van der Waals surface area contributed by atoms with Crippen LogP contribution in [0.5, 0.6) is 5.75 Å². The second kappa shape index (κ2) is 8.44. The standard InChI is InChI=1S/C24H26N2O2/c1-28-20-11-6-10-19(16-20)23(26-14-4-5-15-26)17-25-24(27)22-13-7-9-18-8-2-3-12-21(18)22/h2-3,6-13,16,23H,4-5,14-15,17H2,1H3,(H,25,27). The van der Waals surface area contributed by atoms with Crippen molar-refractivity contribution in [1.82, 2.24) is 10.2 Å². The Hall–Kier alpha value is -2.85. The highest BCUT2D eigenvalue weighted by atomic mass is 16.5. The van der Waals surface area contributed by atoms with Crippen molar-refractivity contribution in [3.05, 3.63) is 77.9 Å². The molecule has 4 rings (SSSR count). The van der Waals surface area contributed by atoms with Gasteiger partial charge < -0.3 is 10.1 Å². The third-order valence-electron chi connectivity index (χ3n) is 5.55. The van der Waals surface area contributed by atoms with Crippen LogP contribution in [0.25, 0.3) is 10.8 Å². The Morgan fingerprint density at radius 2 is 1.79 bits per heavy atom. The van der Waals surface area contributed by atoms with Crippen LogP contribution in [0.2, 0.25) is 0 Å². The van der Waals surface area contributed by atoms with Crippen LogP contribution in [0.4, 0.5) is 0 Å².